The van der Waals surface area contributed by atoms with Gasteiger partial charge in [-0.3, -0.25) is 4.79 Å². The SMILES string of the molecule is COc1cc(C(=O)NC2CCCCCC2)ccc1O. The number of nitrogens with one attached hydrogen (secondary N) is 1. The molecule has 1 saturated carbocycles. The lowest BCUT2D eigenvalue weighted by Crippen LogP contribution is -2.34. The van der Waals surface area contributed by atoms with E-state index < -0.39 is 0 Å². The lowest BCUT2D eigenvalue weighted by atomic mass is 10.1. The number of aromatic hydroxyl groups is 1. The number of carbonyl (C=O) groups is 1. The van der Waals surface area contributed by atoms with Crippen LogP contribution in [0.15, 0.2) is 18.2 Å². The molecule has 19 heavy (non-hydrogen) atoms. The van der Waals surface area contributed by atoms with Crippen LogP contribution in [0.1, 0.15) is 48.9 Å². The van der Waals surface area contributed by atoms with Crippen molar-refractivity contribution >= 4 is 5.91 Å². The number of hydrogen-bond acceptors (Lipinski definition) is 3. The summed E-state index contributed by atoms with van der Waals surface area (Å²) < 4.78 is 5.02. The minimum Gasteiger partial charge on any atom is -0.504 e. The molecule has 1 aromatic carbocycles. The number of methoxy groups -OCH3 is 1. The Morgan fingerprint density at radius 2 is 1.95 bits per heavy atom. The maximum Gasteiger partial charge on any atom is 0.251 e. The molecule has 4 heteroatoms. The van der Waals surface area contributed by atoms with Crippen molar-refractivity contribution in [3.63, 3.8) is 0 Å². The summed E-state index contributed by atoms with van der Waals surface area (Å²) in [5, 5.41) is 12.6. The predicted octanol–water partition coefficient (Wildman–Crippen LogP) is 2.85. The summed E-state index contributed by atoms with van der Waals surface area (Å²) >= 11 is 0. The number of benzene rings is 1. The van der Waals surface area contributed by atoms with Crippen molar-refractivity contribution in [1.29, 1.82) is 0 Å². The molecule has 0 saturated heterocycles. The molecule has 104 valence electrons. The molecule has 1 aliphatic carbocycles. The van der Waals surface area contributed by atoms with Crippen molar-refractivity contribution in [1.82, 2.24) is 5.32 Å². The van der Waals surface area contributed by atoms with Crippen LogP contribution in [0.3, 0.4) is 0 Å². The Morgan fingerprint density at radius 3 is 2.58 bits per heavy atom. The van der Waals surface area contributed by atoms with Gasteiger partial charge in [0.05, 0.1) is 7.11 Å². The van der Waals surface area contributed by atoms with Crippen molar-refractivity contribution in [3.8, 4) is 11.5 Å². The van der Waals surface area contributed by atoms with Gasteiger partial charge in [-0.15, -0.1) is 0 Å². The van der Waals surface area contributed by atoms with E-state index in [1.807, 2.05) is 0 Å². The smallest absolute Gasteiger partial charge is 0.251 e. The molecule has 2 rings (SSSR count). The Bertz CT molecular complexity index is 437. The van der Waals surface area contributed by atoms with E-state index in [2.05, 4.69) is 5.32 Å². The highest BCUT2D eigenvalue weighted by Gasteiger charge is 2.16. The van der Waals surface area contributed by atoms with Gasteiger partial charge in [-0.05, 0) is 31.0 Å². The largest absolute Gasteiger partial charge is 0.504 e. The summed E-state index contributed by atoms with van der Waals surface area (Å²) in [6.07, 6.45) is 7.01. The fourth-order valence-electron chi connectivity index (χ4n) is 2.51. The molecule has 0 aliphatic heterocycles. The highest BCUT2D eigenvalue weighted by atomic mass is 16.5. The monoisotopic (exact) mass is 263 g/mol. The lowest BCUT2D eigenvalue weighted by molar-refractivity contribution is 0.0933. The third-order valence-corrected chi connectivity index (χ3v) is 3.63. The minimum atomic E-state index is -0.0924. The van der Waals surface area contributed by atoms with Crippen molar-refractivity contribution < 1.29 is 14.6 Å². The first-order valence-corrected chi connectivity index (χ1v) is 6.88. The fraction of sp³-hybridized carbons (Fsp3) is 0.533. The van der Waals surface area contributed by atoms with Gasteiger partial charge < -0.3 is 15.2 Å². The van der Waals surface area contributed by atoms with Gasteiger partial charge in [0.15, 0.2) is 11.5 Å². The second-order valence-electron chi connectivity index (χ2n) is 5.05. The van der Waals surface area contributed by atoms with Gasteiger partial charge in [-0.2, -0.15) is 0 Å². The van der Waals surface area contributed by atoms with Crippen molar-refractivity contribution in [3.05, 3.63) is 23.8 Å². The standard InChI is InChI=1S/C15H21NO3/c1-19-14-10-11(8-9-13(14)17)15(18)16-12-6-4-2-3-5-7-12/h8-10,12,17H,2-7H2,1H3,(H,16,18). The first-order valence-electron chi connectivity index (χ1n) is 6.88. The summed E-state index contributed by atoms with van der Waals surface area (Å²) in [5.74, 6) is 0.284. The zero-order chi connectivity index (χ0) is 13.7. The zero-order valence-corrected chi connectivity index (χ0v) is 11.3. The summed E-state index contributed by atoms with van der Waals surface area (Å²) in [7, 11) is 1.47. The Morgan fingerprint density at radius 1 is 1.26 bits per heavy atom. The Labute approximate surface area is 113 Å². The molecule has 0 radical (unpaired) electrons. The third-order valence-electron chi connectivity index (χ3n) is 3.63. The van der Waals surface area contributed by atoms with E-state index in [1.54, 1.807) is 12.1 Å². The molecule has 0 unspecified atom stereocenters. The van der Waals surface area contributed by atoms with Crippen molar-refractivity contribution in [2.75, 3.05) is 7.11 Å². The minimum absolute atomic E-state index is 0.0496. The lowest BCUT2D eigenvalue weighted by Gasteiger charge is -2.16. The molecule has 1 aromatic rings. The molecule has 0 spiro atoms. The second-order valence-corrected chi connectivity index (χ2v) is 5.05. The molecule has 1 fully saturated rings. The van der Waals surface area contributed by atoms with Crippen LogP contribution in [0.4, 0.5) is 0 Å². The average Bonchev–Trinajstić information content (AvgIpc) is 2.68. The zero-order valence-electron chi connectivity index (χ0n) is 11.3. The van der Waals surface area contributed by atoms with E-state index in [1.165, 1.54) is 38.9 Å². The van der Waals surface area contributed by atoms with E-state index >= 15 is 0 Å². The Balaban J connectivity index is 2.02. The maximum absolute atomic E-state index is 12.2. The first-order chi connectivity index (χ1) is 9.20. The quantitative estimate of drug-likeness (QED) is 0.824. The number of amides is 1. The number of carbonyl (C=O) groups excluding carboxylic acids is 1. The molecule has 0 heterocycles. The predicted molar refractivity (Wildman–Crippen MR) is 73.6 cm³/mol. The van der Waals surface area contributed by atoms with Gasteiger partial charge in [0.25, 0.3) is 5.91 Å². The highest BCUT2D eigenvalue weighted by Crippen LogP contribution is 2.26. The molecular formula is C15H21NO3. The van der Waals surface area contributed by atoms with Gasteiger partial charge in [0, 0.05) is 11.6 Å². The van der Waals surface area contributed by atoms with Crippen molar-refractivity contribution in [2.24, 2.45) is 0 Å². The van der Waals surface area contributed by atoms with Crippen LogP contribution < -0.4 is 10.1 Å². The van der Waals surface area contributed by atoms with Gasteiger partial charge in [-0.1, -0.05) is 25.7 Å². The summed E-state index contributed by atoms with van der Waals surface area (Å²) in [5.41, 5.74) is 0.527. The Hall–Kier alpha value is -1.71. The molecule has 1 amide bonds. The number of ether oxygens (including phenoxy) is 1. The molecular weight excluding hydrogens is 242 g/mol. The van der Waals surface area contributed by atoms with Gasteiger partial charge >= 0.3 is 0 Å². The summed E-state index contributed by atoms with van der Waals surface area (Å²) in [6.45, 7) is 0. The molecule has 0 aromatic heterocycles. The maximum atomic E-state index is 12.2. The van der Waals surface area contributed by atoms with Crippen molar-refractivity contribution in [2.45, 2.75) is 44.6 Å². The topological polar surface area (TPSA) is 58.6 Å². The van der Waals surface area contributed by atoms with E-state index in [-0.39, 0.29) is 17.7 Å². The van der Waals surface area contributed by atoms with E-state index in [0.717, 1.165) is 12.8 Å². The van der Waals surface area contributed by atoms with Crippen LogP contribution in [-0.4, -0.2) is 24.2 Å². The Kier molecular flexibility index (Phi) is 4.66. The van der Waals surface area contributed by atoms with Gasteiger partial charge in [0.1, 0.15) is 0 Å². The normalized spacial score (nSPS) is 16.7. The molecule has 1 aliphatic rings. The van der Waals surface area contributed by atoms with Gasteiger partial charge in [-0.25, -0.2) is 0 Å². The fourth-order valence-corrected chi connectivity index (χ4v) is 2.51. The highest BCUT2D eigenvalue weighted by molar-refractivity contribution is 5.95. The van der Waals surface area contributed by atoms with Crippen LogP contribution in [0.2, 0.25) is 0 Å². The van der Waals surface area contributed by atoms with Gasteiger partial charge in [0.2, 0.25) is 0 Å². The van der Waals surface area contributed by atoms with Crippen LogP contribution in [0.5, 0.6) is 11.5 Å². The average molecular weight is 263 g/mol. The third kappa shape index (κ3) is 3.63. The van der Waals surface area contributed by atoms with E-state index in [9.17, 15) is 9.90 Å². The molecule has 2 N–H and O–H groups in total. The van der Waals surface area contributed by atoms with E-state index in [0.29, 0.717) is 11.3 Å². The van der Waals surface area contributed by atoms with E-state index in [4.69, 9.17) is 4.74 Å². The summed E-state index contributed by atoms with van der Waals surface area (Å²) in [4.78, 5) is 12.2. The van der Waals surface area contributed by atoms with Crippen LogP contribution in [0, 0.1) is 0 Å². The number of hydrogen-bond donors (Lipinski definition) is 2. The number of rotatable bonds is 3. The molecule has 0 bridgehead atoms. The van der Waals surface area contributed by atoms with Crippen LogP contribution in [-0.2, 0) is 0 Å². The molecule has 0 atom stereocenters. The first kappa shape index (κ1) is 13.7. The van der Waals surface area contributed by atoms with Crippen LogP contribution >= 0.6 is 0 Å². The number of phenols is 1. The number of phenolic OH excluding ortho intramolecular Hbond substituents is 1. The van der Waals surface area contributed by atoms with Crippen LogP contribution in [0.25, 0.3) is 0 Å². The summed E-state index contributed by atoms with van der Waals surface area (Å²) in [6, 6.07) is 4.95. The molecule has 4 nitrogen and oxygen atoms in total. The second kappa shape index (κ2) is 6.45.